The topological polar surface area (TPSA) is 100 Å². The third-order valence-corrected chi connectivity index (χ3v) is 5.10. The van der Waals surface area contributed by atoms with Gasteiger partial charge in [0.15, 0.2) is 11.6 Å². The lowest BCUT2D eigenvalue weighted by atomic mass is 9.96. The average molecular weight is 369 g/mol. The fourth-order valence-corrected chi connectivity index (χ4v) is 3.45. The largest absolute Gasteiger partial charge is 0.390 e. The molecular formula is C19H23N5O3. The van der Waals surface area contributed by atoms with Gasteiger partial charge in [-0.25, -0.2) is 9.97 Å². The van der Waals surface area contributed by atoms with Crippen molar-refractivity contribution in [3.8, 4) is 11.3 Å². The van der Waals surface area contributed by atoms with Crippen molar-refractivity contribution in [2.24, 2.45) is 5.92 Å². The van der Waals surface area contributed by atoms with E-state index in [4.69, 9.17) is 9.84 Å². The van der Waals surface area contributed by atoms with Crippen LogP contribution in [-0.4, -0.2) is 52.3 Å². The smallest absolute Gasteiger partial charge is 0.247 e. The van der Waals surface area contributed by atoms with Crippen LogP contribution in [0.1, 0.15) is 25.0 Å². The van der Waals surface area contributed by atoms with Gasteiger partial charge in [-0.2, -0.15) is 0 Å². The van der Waals surface area contributed by atoms with Gasteiger partial charge in [-0.3, -0.25) is 14.7 Å². The zero-order valence-electron chi connectivity index (χ0n) is 15.1. The number of ether oxygens (including phenoxy) is 1. The fourth-order valence-electron chi connectivity index (χ4n) is 3.45. The number of aromatic nitrogens is 3. The van der Waals surface area contributed by atoms with E-state index in [1.54, 1.807) is 23.4 Å². The van der Waals surface area contributed by atoms with Gasteiger partial charge in [0, 0.05) is 31.5 Å². The molecule has 142 valence electrons. The summed E-state index contributed by atoms with van der Waals surface area (Å²) in [4.78, 5) is 27.6. The maximum atomic E-state index is 12.5. The van der Waals surface area contributed by atoms with Crippen LogP contribution in [0.5, 0.6) is 0 Å². The van der Waals surface area contributed by atoms with Crippen molar-refractivity contribution >= 4 is 17.5 Å². The molecule has 1 fully saturated rings. The van der Waals surface area contributed by atoms with Crippen LogP contribution in [0.25, 0.3) is 11.3 Å². The quantitative estimate of drug-likeness (QED) is 0.826. The van der Waals surface area contributed by atoms with Gasteiger partial charge in [0.05, 0.1) is 30.7 Å². The molecule has 0 unspecified atom stereocenters. The third-order valence-electron chi connectivity index (χ3n) is 5.10. The Morgan fingerprint density at radius 3 is 2.81 bits per heavy atom. The summed E-state index contributed by atoms with van der Waals surface area (Å²) in [6.07, 6.45) is 6.36. The Hall–Kier alpha value is -2.58. The van der Waals surface area contributed by atoms with E-state index in [9.17, 15) is 4.79 Å². The van der Waals surface area contributed by atoms with Gasteiger partial charge in [0.25, 0.3) is 0 Å². The molecule has 8 heteroatoms. The first kappa shape index (κ1) is 17.8. The molecular weight excluding hydrogens is 346 g/mol. The predicted molar refractivity (Wildman–Crippen MR) is 100 cm³/mol. The van der Waals surface area contributed by atoms with E-state index in [1.165, 1.54) is 0 Å². The van der Waals surface area contributed by atoms with Gasteiger partial charge in [-0.15, -0.1) is 0 Å². The molecule has 0 aromatic carbocycles. The van der Waals surface area contributed by atoms with Crippen LogP contribution in [0.2, 0.25) is 0 Å². The molecule has 2 aliphatic rings. The molecule has 2 aromatic heterocycles. The van der Waals surface area contributed by atoms with E-state index >= 15 is 0 Å². The summed E-state index contributed by atoms with van der Waals surface area (Å²) in [5, 5.41) is 12.2. The van der Waals surface area contributed by atoms with Crippen LogP contribution in [-0.2, 0) is 16.1 Å². The highest BCUT2D eigenvalue weighted by atomic mass is 16.5. The minimum Gasteiger partial charge on any atom is -0.390 e. The monoisotopic (exact) mass is 369 g/mol. The van der Waals surface area contributed by atoms with Gasteiger partial charge in [-0.05, 0) is 37.3 Å². The summed E-state index contributed by atoms with van der Waals surface area (Å²) in [6, 6.07) is 3.60. The molecule has 0 spiro atoms. The number of amides is 1. The highest BCUT2D eigenvalue weighted by Gasteiger charge is 2.28. The van der Waals surface area contributed by atoms with Crippen LogP contribution < -0.4 is 10.2 Å². The lowest BCUT2D eigenvalue weighted by Gasteiger charge is -2.30. The van der Waals surface area contributed by atoms with Crippen molar-refractivity contribution in [1.29, 1.82) is 0 Å². The first-order valence-electron chi connectivity index (χ1n) is 9.30. The van der Waals surface area contributed by atoms with E-state index in [1.807, 2.05) is 6.07 Å². The molecule has 1 amide bonds. The third kappa shape index (κ3) is 3.91. The standard InChI is InChI=1S/C19H23N5O3/c25-12-15-2-1-14(9-20-15)16-10-21-18-19(23-16)24(17(26)11-22-18)6-3-13-4-7-27-8-5-13/h1-2,9-10,13,25H,3-8,11-12H2,(H,21,22). The molecule has 0 aliphatic carbocycles. The van der Waals surface area contributed by atoms with Crippen molar-refractivity contribution < 1.29 is 14.6 Å². The van der Waals surface area contributed by atoms with Crippen molar-refractivity contribution in [3.05, 3.63) is 30.2 Å². The van der Waals surface area contributed by atoms with E-state index in [2.05, 4.69) is 20.3 Å². The summed E-state index contributed by atoms with van der Waals surface area (Å²) in [6.45, 7) is 2.38. The van der Waals surface area contributed by atoms with Gasteiger partial charge >= 0.3 is 0 Å². The average Bonchev–Trinajstić information content (AvgIpc) is 2.73. The number of rotatable bonds is 5. The summed E-state index contributed by atoms with van der Waals surface area (Å²) in [5.41, 5.74) is 2.04. The van der Waals surface area contributed by atoms with E-state index in [0.717, 1.165) is 38.0 Å². The maximum absolute atomic E-state index is 12.5. The molecule has 2 aliphatic heterocycles. The SMILES string of the molecule is O=C1CNc2ncc(-c3ccc(CO)nc3)nc2N1CCC1CCOCC1. The first-order chi connectivity index (χ1) is 13.2. The number of hydrogen-bond acceptors (Lipinski definition) is 7. The number of pyridine rings is 1. The second-order valence-electron chi connectivity index (χ2n) is 6.87. The van der Waals surface area contributed by atoms with Crippen molar-refractivity contribution in [3.63, 3.8) is 0 Å². The van der Waals surface area contributed by atoms with Gasteiger partial charge in [0.2, 0.25) is 5.91 Å². The van der Waals surface area contributed by atoms with Crippen LogP contribution in [0.15, 0.2) is 24.5 Å². The number of aliphatic hydroxyl groups is 1. The number of nitrogens with zero attached hydrogens (tertiary/aromatic N) is 4. The zero-order chi connectivity index (χ0) is 18.6. The number of fused-ring (bicyclic) bond motifs is 1. The number of carbonyl (C=O) groups is 1. The Morgan fingerprint density at radius 1 is 1.22 bits per heavy atom. The Morgan fingerprint density at radius 2 is 2.07 bits per heavy atom. The molecule has 0 saturated carbocycles. The highest BCUT2D eigenvalue weighted by Crippen LogP contribution is 2.29. The molecule has 0 bridgehead atoms. The molecule has 2 aromatic rings. The van der Waals surface area contributed by atoms with E-state index in [-0.39, 0.29) is 19.1 Å². The number of hydrogen-bond donors (Lipinski definition) is 2. The Kier molecular flexibility index (Phi) is 5.26. The maximum Gasteiger partial charge on any atom is 0.247 e. The molecule has 8 nitrogen and oxygen atoms in total. The van der Waals surface area contributed by atoms with Crippen LogP contribution >= 0.6 is 0 Å². The molecule has 4 heterocycles. The van der Waals surface area contributed by atoms with Gasteiger partial charge < -0.3 is 15.2 Å². The molecule has 2 N–H and O–H groups in total. The lowest BCUT2D eigenvalue weighted by Crippen LogP contribution is -2.42. The van der Waals surface area contributed by atoms with E-state index in [0.29, 0.717) is 35.5 Å². The molecule has 27 heavy (non-hydrogen) atoms. The second kappa shape index (κ2) is 7.98. The summed E-state index contributed by atoms with van der Waals surface area (Å²) in [7, 11) is 0. The molecule has 4 rings (SSSR count). The van der Waals surface area contributed by atoms with Gasteiger partial charge in [0.1, 0.15) is 0 Å². The number of aliphatic hydroxyl groups excluding tert-OH is 1. The Bertz CT molecular complexity index is 805. The molecule has 1 saturated heterocycles. The highest BCUT2D eigenvalue weighted by molar-refractivity contribution is 6.00. The first-order valence-corrected chi connectivity index (χ1v) is 9.30. The second-order valence-corrected chi connectivity index (χ2v) is 6.87. The number of anilines is 2. The van der Waals surface area contributed by atoms with Crippen molar-refractivity contribution in [2.45, 2.75) is 25.9 Å². The number of nitrogens with one attached hydrogen (secondary N) is 1. The molecule has 0 radical (unpaired) electrons. The zero-order valence-corrected chi connectivity index (χ0v) is 15.1. The summed E-state index contributed by atoms with van der Waals surface area (Å²) < 4.78 is 5.42. The summed E-state index contributed by atoms with van der Waals surface area (Å²) in [5.74, 6) is 1.79. The Balaban J connectivity index is 1.56. The van der Waals surface area contributed by atoms with Crippen LogP contribution in [0.4, 0.5) is 11.6 Å². The predicted octanol–water partition coefficient (Wildman–Crippen LogP) is 1.61. The Labute approximate surface area is 157 Å². The summed E-state index contributed by atoms with van der Waals surface area (Å²) >= 11 is 0. The molecule has 0 atom stereocenters. The fraction of sp³-hybridized carbons (Fsp3) is 0.474. The van der Waals surface area contributed by atoms with Crippen LogP contribution in [0, 0.1) is 5.92 Å². The van der Waals surface area contributed by atoms with Crippen molar-refractivity contribution in [1.82, 2.24) is 15.0 Å². The minimum absolute atomic E-state index is 0.00904. The lowest BCUT2D eigenvalue weighted by molar-refractivity contribution is -0.117. The number of carbonyl (C=O) groups excluding carboxylic acids is 1. The normalized spacial score (nSPS) is 17.5. The van der Waals surface area contributed by atoms with Crippen LogP contribution in [0.3, 0.4) is 0 Å². The van der Waals surface area contributed by atoms with E-state index < -0.39 is 0 Å². The van der Waals surface area contributed by atoms with Gasteiger partial charge in [-0.1, -0.05) is 0 Å². The minimum atomic E-state index is -0.103. The van der Waals surface area contributed by atoms with Crippen molar-refractivity contribution in [2.75, 3.05) is 36.5 Å².